The highest BCUT2D eigenvalue weighted by Gasteiger charge is 2.39. The molecule has 1 saturated carbocycles. The van der Waals surface area contributed by atoms with Crippen LogP contribution >= 0.6 is 12.4 Å². The molecule has 1 fully saturated rings. The molecule has 0 bridgehead atoms. The van der Waals surface area contributed by atoms with E-state index in [2.05, 4.69) is 29.6 Å². The molecule has 0 atom stereocenters. The lowest BCUT2D eigenvalue weighted by atomic mass is 9.70. The van der Waals surface area contributed by atoms with Crippen molar-refractivity contribution in [1.29, 1.82) is 0 Å². The van der Waals surface area contributed by atoms with Crippen LogP contribution in [0.15, 0.2) is 48.5 Å². The summed E-state index contributed by atoms with van der Waals surface area (Å²) < 4.78 is 12.9. The van der Waals surface area contributed by atoms with Gasteiger partial charge in [-0.05, 0) is 92.3 Å². The molecule has 2 aromatic carbocycles. The van der Waals surface area contributed by atoms with Gasteiger partial charge in [0.05, 0.1) is 0 Å². The van der Waals surface area contributed by atoms with Crippen LogP contribution in [0, 0.1) is 11.2 Å². The SMILES string of the molecule is Cl.O=C(CCCNC1CCC2(CC1)Cc1ccccc1C2)c1ccc(F)cc1. The molecular formula is C24H29ClFNO. The Morgan fingerprint density at radius 3 is 2.21 bits per heavy atom. The van der Waals surface area contributed by atoms with Crippen molar-refractivity contribution in [3.8, 4) is 0 Å². The van der Waals surface area contributed by atoms with Crippen LogP contribution in [0.4, 0.5) is 4.39 Å². The molecule has 0 saturated heterocycles. The number of fused-ring (bicyclic) bond motifs is 1. The minimum atomic E-state index is -0.298. The molecule has 2 nitrogen and oxygen atoms in total. The van der Waals surface area contributed by atoms with Crippen LogP contribution in [0.5, 0.6) is 0 Å². The monoisotopic (exact) mass is 401 g/mol. The standard InChI is InChI=1S/C24H28FNO.ClH/c25-21-9-7-18(8-10-21)23(27)6-3-15-26-22-11-13-24(14-12-22)16-19-4-1-2-5-20(19)17-24;/h1-2,4-5,7-10,22,26H,3,6,11-17H2;1H. The molecule has 0 aromatic heterocycles. The first-order chi connectivity index (χ1) is 13.1. The lowest BCUT2D eigenvalue weighted by molar-refractivity contribution is 0.0979. The van der Waals surface area contributed by atoms with Crippen LogP contribution in [0.25, 0.3) is 0 Å². The molecule has 2 aliphatic carbocycles. The van der Waals surface area contributed by atoms with Gasteiger partial charge in [-0.25, -0.2) is 4.39 Å². The van der Waals surface area contributed by atoms with Gasteiger partial charge in [0.1, 0.15) is 5.82 Å². The van der Waals surface area contributed by atoms with Gasteiger partial charge in [0.25, 0.3) is 0 Å². The third-order valence-electron chi connectivity index (χ3n) is 6.48. The zero-order valence-electron chi connectivity index (χ0n) is 16.3. The van der Waals surface area contributed by atoms with E-state index in [4.69, 9.17) is 0 Å². The molecule has 2 aromatic rings. The summed E-state index contributed by atoms with van der Waals surface area (Å²) in [5.74, 6) is -0.197. The smallest absolute Gasteiger partial charge is 0.162 e. The summed E-state index contributed by atoms with van der Waals surface area (Å²) in [7, 11) is 0. The predicted octanol–water partition coefficient (Wildman–Crippen LogP) is 5.53. The maximum Gasteiger partial charge on any atom is 0.162 e. The van der Waals surface area contributed by atoms with Crippen LogP contribution in [-0.2, 0) is 12.8 Å². The summed E-state index contributed by atoms with van der Waals surface area (Å²) in [6.45, 7) is 0.880. The van der Waals surface area contributed by atoms with E-state index >= 15 is 0 Å². The van der Waals surface area contributed by atoms with Crippen molar-refractivity contribution in [3.05, 3.63) is 71.0 Å². The quantitative estimate of drug-likeness (QED) is 0.509. The highest BCUT2D eigenvalue weighted by Crippen LogP contribution is 2.47. The maximum atomic E-state index is 12.9. The van der Waals surface area contributed by atoms with Crippen LogP contribution < -0.4 is 5.32 Å². The van der Waals surface area contributed by atoms with Gasteiger partial charge in [0.15, 0.2) is 5.78 Å². The summed E-state index contributed by atoms with van der Waals surface area (Å²) in [5.41, 5.74) is 4.23. The first-order valence-corrected chi connectivity index (χ1v) is 10.2. The lowest BCUT2D eigenvalue weighted by Crippen LogP contribution is -2.38. The molecule has 150 valence electrons. The number of carbonyl (C=O) groups is 1. The largest absolute Gasteiger partial charge is 0.314 e. The Bertz CT molecular complexity index is 770. The number of Topliss-reactive ketones (excluding diaryl/α,β-unsaturated/α-hetero) is 1. The number of rotatable bonds is 6. The molecule has 4 heteroatoms. The van der Waals surface area contributed by atoms with Crippen LogP contribution in [0.1, 0.15) is 60.0 Å². The number of nitrogens with one attached hydrogen (secondary N) is 1. The molecule has 0 heterocycles. The van der Waals surface area contributed by atoms with E-state index in [0.29, 0.717) is 23.4 Å². The molecular weight excluding hydrogens is 373 g/mol. The number of carbonyl (C=O) groups excluding carboxylic acids is 1. The van der Waals surface area contributed by atoms with Crippen LogP contribution in [0.2, 0.25) is 0 Å². The number of ketones is 1. The van der Waals surface area contributed by atoms with Gasteiger partial charge in [-0.3, -0.25) is 4.79 Å². The van der Waals surface area contributed by atoms with E-state index < -0.39 is 0 Å². The van der Waals surface area contributed by atoms with Crippen molar-refractivity contribution >= 4 is 18.2 Å². The Kier molecular flexibility index (Phi) is 6.90. The fourth-order valence-electron chi connectivity index (χ4n) is 4.90. The summed E-state index contributed by atoms with van der Waals surface area (Å²) in [4.78, 5) is 12.1. The zero-order valence-corrected chi connectivity index (χ0v) is 17.1. The van der Waals surface area contributed by atoms with Gasteiger partial charge < -0.3 is 5.32 Å². The third kappa shape index (κ3) is 4.82. The van der Waals surface area contributed by atoms with E-state index in [1.54, 1.807) is 23.3 Å². The highest BCUT2D eigenvalue weighted by molar-refractivity contribution is 5.95. The van der Waals surface area contributed by atoms with Crippen molar-refractivity contribution in [2.45, 2.75) is 57.4 Å². The van der Waals surface area contributed by atoms with E-state index in [1.807, 2.05) is 0 Å². The Balaban J connectivity index is 0.00000225. The van der Waals surface area contributed by atoms with Crippen molar-refractivity contribution in [1.82, 2.24) is 5.32 Å². The minimum Gasteiger partial charge on any atom is -0.314 e. The van der Waals surface area contributed by atoms with Crippen molar-refractivity contribution in [2.24, 2.45) is 5.41 Å². The maximum absolute atomic E-state index is 12.9. The van der Waals surface area contributed by atoms with Gasteiger partial charge in [0.2, 0.25) is 0 Å². The van der Waals surface area contributed by atoms with Gasteiger partial charge in [-0.15, -0.1) is 12.4 Å². The molecule has 0 amide bonds. The van der Waals surface area contributed by atoms with E-state index in [-0.39, 0.29) is 24.0 Å². The summed E-state index contributed by atoms with van der Waals surface area (Å²) in [6.07, 6.45) is 8.93. The van der Waals surface area contributed by atoms with Gasteiger partial charge in [0, 0.05) is 18.0 Å². The average Bonchev–Trinajstić information content (AvgIpc) is 3.05. The van der Waals surface area contributed by atoms with E-state index in [1.165, 1.54) is 50.7 Å². The molecule has 2 aliphatic rings. The van der Waals surface area contributed by atoms with Crippen molar-refractivity contribution < 1.29 is 9.18 Å². The molecule has 1 N–H and O–H groups in total. The fourth-order valence-corrected chi connectivity index (χ4v) is 4.90. The number of benzene rings is 2. The first kappa shape index (κ1) is 21.0. The van der Waals surface area contributed by atoms with Gasteiger partial charge in [-0.2, -0.15) is 0 Å². The minimum absolute atomic E-state index is 0. The molecule has 0 radical (unpaired) electrons. The van der Waals surface area contributed by atoms with Gasteiger partial charge in [-0.1, -0.05) is 24.3 Å². The number of hydrogen-bond acceptors (Lipinski definition) is 2. The van der Waals surface area contributed by atoms with Crippen molar-refractivity contribution in [3.63, 3.8) is 0 Å². The van der Waals surface area contributed by atoms with Crippen molar-refractivity contribution in [2.75, 3.05) is 6.54 Å². The Labute approximate surface area is 173 Å². The normalized spacial score (nSPS) is 17.9. The third-order valence-corrected chi connectivity index (χ3v) is 6.48. The second kappa shape index (κ2) is 9.19. The highest BCUT2D eigenvalue weighted by atomic mass is 35.5. The number of hydrogen-bond donors (Lipinski definition) is 1. The lowest BCUT2D eigenvalue weighted by Gasteiger charge is -2.37. The Morgan fingerprint density at radius 1 is 1.00 bits per heavy atom. The predicted molar refractivity (Wildman–Crippen MR) is 114 cm³/mol. The number of halogens is 2. The molecule has 0 unspecified atom stereocenters. The summed E-state index contributed by atoms with van der Waals surface area (Å²) in [6, 6.07) is 15.4. The summed E-state index contributed by atoms with van der Waals surface area (Å²) >= 11 is 0. The average molecular weight is 402 g/mol. The molecule has 28 heavy (non-hydrogen) atoms. The first-order valence-electron chi connectivity index (χ1n) is 10.2. The molecule has 0 aliphatic heterocycles. The second-order valence-electron chi connectivity index (χ2n) is 8.38. The topological polar surface area (TPSA) is 29.1 Å². The summed E-state index contributed by atoms with van der Waals surface area (Å²) in [5, 5.41) is 3.65. The Hall–Kier alpha value is -1.71. The Morgan fingerprint density at radius 2 is 1.61 bits per heavy atom. The van der Waals surface area contributed by atoms with E-state index in [0.717, 1.165) is 13.0 Å². The van der Waals surface area contributed by atoms with Crippen LogP contribution in [-0.4, -0.2) is 18.4 Å². The van der Waals surface area contributed by atoms with Crippen LogP contribution in [0.3, 0.4) is 0 Å². The molecule has 4 rings (SSSR count). The van der Waals surface area contributed by atoms with E-state index in [9.17, 15) is 9.18 Å². The second-order valence-corrected chi connectivity index (χ2v) is 8.38. The fraction of sp³-hybridized carbons (Fsp3) is 0.458. The van der Waals surface area contributed by atoms with Gasteiger partial charge >= 0.3 is 0 Å². The molecule has 1 spiro atoms. The zero-order chi connectivity index (χ0) is 18.7.